The Kier molecular flexibility index (Phi) is 7.01. The lowest BCUT2D eigenvalue weighted by atomic mass is 10.2. The Hall–Kier alpha value is -1.51. The summed E-state index contributed by atoms with van der Waals surface area (Å²) in [6, 6.07) is 8.23. The van der Waals surface area contributed by atoms with E-state index in [0.717, 1.165) is 25.0 Å². The van der Waals surface area contributed by atoms with Gasteiger partial charge in [-0.05, 0) is 38.8 Å². The predicted octanol–water partition coefficient (Wildman–Crippen LogP) is 3.46. The third-order valence-electron chi connectivity index (χ3n) is 2.97. The van der Waals surface area contributed by atoms with E-state index in [-0.39, 0.29) is 11.9 Å². The smallest absolute Gasteiger partial charge is 0.220 e. The molecule has 19 heavy (non-hydrogen) atoms. The van der Waals surface area contributed by atoms with E-state index < -0.39 is 0 Å². The number of benzene rings is 1. The predicted molar refractivity (Wildman–Crippen MR) is 78.4 cm³/mol. The molecule has 1 aromatic rings. The number of carbonyl (C=O) groups excluding carboxylic acids is 1. The second-order valence-corrected chi connectivity index (χ2v) is 5.02. The minimum absolute atomic E-state index is 0.119. The summed E-state index contributed by atoms with van der Waals surface area (Å²) in [5, 5.41) is 2.99. The molecule has 0 saturated heterocycles. The van der Waals surface area contributed by atoms with Crippen molar-refractivity contribution in [2.75, 3.05) is 6.61 Å². The summed E-state index contributed by atoms with van der Waals surface area (Å²) >= 11 is 0. The molecular formula is C16H25NO2. The van der Waals surface area contributed by atoms with Gasteiger partial charge in [-0.25, -0.2) is 0 Å². The van der Waals surface area contributed by atoms with Crippen LogP contribution in [0.5, 0.6) is 5.75 Å². The Labute approximate surface area is 116 Å². The average molecular weight is 263 g/mol. The lowest BCUT2D eigenvalue weighted by Crippen LogP contribution is -2.32. The zero-order valence-electron chi connectivity index (χ0n) is 12.2. The van der Waals surface area contributed by atoms with Crippen LogP contribution in [0, 0.1) is 6.92 Å². The van der Waals surface area contributed by atoms with Crippen molar-refractivity contribution in [3.05, 3.63) is 29.8 Å². The van der Waals surface area contributed by atoms with Gasteiger partial charge in [0.1, 0.15) is 5.75 Å². The lowest BCUT2D eigenvalue weighted by molar-refractivity contribution is -0.121. The van der Waals surface area contributed by atoms with Gasteiger partial charge in [0, 0.05) is 12.5 Å². The van der Waals surface area contributed by atoms with Crippen LogP contribution in [-0.4, -0.2) is 18.6 Å². The number of hydrogen-bond acceptors (Lipinski definition) is 2. The van der Waals surface area contributed by atoms with Crippen LogP contribution < -0.4 is 10.1 Å². The van der Waals surface area contributed by atoms with Gasteiger partial charge in [0.05, 0.1) is 6.61 Å². The Balaban J connectivity index is 2.13. The fraction of sp³-hybridized carbons (Fsp3) is 0.562. The maximum Gasteiger partial charge on any atom is 0.220 e. The van der Waals surface area contributed by atoms with Gasteiger partial charge >= 0.3 is 0 Å². The molecule has 1 atom stereocenters. The first-order valence-electron chi connectivity index (χ1n) is 7.10. The average Bonchev–Trinajstić information content (AvgIpc) is 2.37. The second kappa shape index (κ2) is 8.57. The highest BCUT2D eigenvalue weighted by Gasteiger charge is 2.06. The maximum absolute atomic E-state index is 11.6. The van der Waals surface area contributed by atoms with Gasteiger partial charge in [0.15, 0.2) is 0 Å². The molecule has 0 aliphatic rings. The van der Waals surface area contributed by atoms with Crippen molar-refractivity contribution in [2.24, 2.45) is 0 Å². The maximum atomic E-state index is 11.6. The number of carbonyl (C=O) groups is 1. The molecule has 0 saturated carbocycles. The van der Waals surface area contributed by atoms with E-state index in [9.17, 15) is 4.79 Å². The fourth-order valence-corrected chi connectivity index (χ4v) is 1.91. The van der Waals surface area contributed by atoms with Gasteiger partial charge in [-0.2, -0.15) is 0 Å². The van der Waals surface area contributed by atoms with Gasteiger partial charge in [-0.3, -0.25) is 4.79 Å². The van der Waals surface area contributed by atoms with Crippen molar-refractivity contribution in [2.45, 2.75) is 52.5 Å². The van der Waals surface area contributed by atoms with E-state index in [1.807, 2.05) is 38.1 Å². The number of amides is 1. The second-order valence-electron chi connectivity index (χ2n) is 5.02. The topological polar surface area (TPSA) is 38.3 Å². The molecule has 0 heterocycles. The molecule has 0 radical (unpaired) electrons. The van der Waals surface area contributed by atoms with Crippen LogP contribution in [0.25, 0.3) is 0 Å². The minimum Gasteiger partial charge on any atom is -0.494 e. The number of nitrogens with one attached hydrogen (secondary N) is 1. The molecule has 0 fully saturated rings. The van der Waals surface area contributed by atoms with E-state index in [1.165, 1.54) is 5.56 Å². The molecule has 0 aliphatic heterocycles. The Morgan fingerprint density at radius 1 is 1.32 bits per heavy atom. The molecule has 106 valence electrons. The van der Waals surface area contributed by atoms with Crippen molar-refractivity contribution >= 4 is 5.91 Å². The highest BCUT2D eigenvalue weighted by atomic mass is 16.5. The Morgan fingerprint density at radius 2 is 2.00 bits per heavy atom. The lowest BCUT2D eigenvalue weighted by Gasteiger charge is -2.12. The van der Waals surface area contributed by atoms with Crippen LogP contribution >= 0.6 is 0 Å². The molecular weight excluding hydrogens is 238 g/mol. The Bertz CT molecular complexity index is 373. The highest BCUT2D eigenvalue weighted by molar-refractivity contribution is 5.76. The van der Waals surface area contributed by atoms with Crippen molar-refractivity contribution in [1.82, 2.24) is 5.32 Å². The van der Waals surface area contributed by atoms with Crippen LogP contribution in [0.2, 0.25) is 0 Å². The van der Waals surface area contributed by atoms with Gasteiger partial charge in [0.2, 0.25) is 5.91 Å². The molecule has 0 bridgehead atoms. The Morgan fingerprint density at radius 3 is 2.63 bits per heavy atom. The third kappa shape index (κ3) is 6.85. The molecule has 1 amide bonds. The van der Waals surface area contributed by atoms with Gasteiger partial charge < -0.3 is 10.1 Å². The van der Waals surface area contributed by atoms with Crippen LogP contribution in [0.4, 0.5) is 0 Å². The molecule has 0 aromatic heterocycles. The first kappa shape index (κ1) is 15.5. The first-order valence-corrected chi connectivity index (χ1v) is 7.10. The molecule has 3 nitrogen and oxygen atoms in total. The molecule has 0 unspecified atom stereocenters. The number of aryl methyl sites for hydroxylation is 1. The zero-order valence-corrected chi connectivity index (χ0v) is 12.2. The summed E-state index contributed by atoms with van der Waals surface area (Å²) in [6.07, 6.45) is 3.40. The highest BCUT2D eigenvalue weighted by Crippen LogP contribution is 2.11. The summed E-state index contributed by atoms with van der Waals surface area (Å²) in [5.41, 5.74) is 1.22. The standard InChI is InChI=1S/C16H25NO2/c1-4-6-14(3)17-16(18)7-5-12-19-15-10-8-13(2)9-11-15/h8-11,14H,4-7,12H2,1-3H3,(H,17,18)/t14-/m1/s1. The van der Waals surface area contributed by atoms with E-state index >= 15 is 0 Å². The summed E-state index contributed by atoms with van der Waals surface area (Å²) in [5.74, 6) is 0.985. The van der Waals surface area contributed by atoms with Gasteiger partial charge in [0.25, 0.3) is 0 Å². The van der Waals surface area contributed by atoms with Crippen molar-refractivity contribution < 1.29 is 9.53 Å². The number of ether oxygens (including phenoxy) is 1. The van der Waals surface area contributed by atoms with Gasteiger partial charge in [-0.15, -0.1) is 0 Å². The van der Waals surface area contributed by atoms with E-state index in [2.05, 4.69) is 12.2 Å². The molecule has 1 rings (SSSR count). The molecule has 1 N–H and O–H groups in total. The van der Waals surface area contributed by atoms with E-state index in [0.29, 0.717) is 13.0 Å². The summed E-state index contributed by atoms with van der Waals surface area (Å²) in [4.78, 5) is 11.6. The van der Waals surface area contributed by atoms with Crippen LogP contribution in [0.15, 0.2) is 24.3 Å². The zero-order chi connectivity index (χ0) is 14.1. The van der Waals surface area contributed by atoms with Gasteiger partial charge in [-0.1, -0.05) is 31.0 Å². The van der Waals surface area contributed by atoms with E-state index in [4.69, 9.17) is 4.74 Å². The number of rotatable bonds is 8. The fourth-order valence-electron chi connectivity index (χ4n) is 1.91. The number of hydrogen-bond donors (Lipinski definition) is 1. The van der Waals surface area contributed by atoms with Crippen LogP contribution in [-0.2, 0) is 4.79 Å². The largest absolute Gasteiger partial charge is 0.494 e. The molecule has 3 heteroatoms. The summed E-state index contributed by atoms with van der Waals surface area (Å²) in [6.45, 7) is 6.80. The molecule has 1 aromatic carbocycles. The summed E-state index contributed by atoms with van der Waals surface area (Å²) < 4.78 is 5.58. The van der Waals surface area contributed by atoms with Crippen LogP contribution in [0.1, 0.15) is 45.1 Å². The SMILES string of the molecule is CCC[C@@H](C)NC(=O)CCCOc1ccc(C)cc1. The third-order valence-corrected chi connectivity index (χ3v) is 2.97. The van der Waals surface area contributed by atoms with Crippen molar-refractivity contribution in [1.29, 1.82) is 0 Å². The molecule has 0 spiro atoms. The summed E-state index contributed by atoms with van der Waals surface area (Å²) in [7, 11) is 0. The molecule has 0 aliphatic carbocycles. The monoisotopic (exact) mass is 263 g/mol. The quantitative estimate of drug-likeness (QED) is 0.729. The normalized spacial score (nSPS) is 11.9. The van der Waals surface area contributed by atoms with Crippen molar-refractivity contribution in [3.8, 4) is 5.75 Å². The van der Waals surface area contributed by atoms with E-state index in [1.54, 1.807) is 0 Å². The van der Waals surface area contributed by atoms with Crippen molar-refractivity contribution in [3.63, 3.8) is 0 Å². The minimum atomic E-state index is 0.119. The van der Waals surface area contributed by atoms with Crippen LogP contribution in [0.3, 0.4) is 0 Å². The first-order chi connectivity index (χ1) is 9.11.